The van der Waals surface area contributed by atoms with Crippen LogP contribution in [0.3, 0.4) is 0 Å². The summed E-state index contributed by atoms with van der Waals surface area (Å²) < 4.78 is 29.6. The van der Waals surface area contributed by atoms with Gasteiger partial charge in [-0.1, -0.05) is 0 Å². The number of benzene rings is 1. The minimum atomic E-state index is -0.706. The van der Waals surface area contributed by atoms with Crippen molar-refractivity contribution in [2.45, 2.75) is 6.04 Å². The van der Waals surface area contributed by atoms with E-state index in [0.717, 1.165) is 6.20 Å². The van der Waals surface area contributed by atoms with Gasteiger partial charge in [0.05, 0.1) is 33.6 Å². The van der Waals surface area contributed by atoms with Crippen molar-refractivity contribution in [3.05, 3.63) is 47.5 Å². The summed E-state index contributed by atoms with van der Waals surface area (Å²) in [6, 6.07) is 4.17. The molecule has 2 aromatic rings. The van der Waals surface area contributed by atoms with Crippen molar-refractivity contribution in [2.24, 2.45) is 5.73 Å². The van der Waals surface area contributed by atoms with Gasteiger partial charge in [-0.2, -0.15) is 0 Å². The van der Waals surface area contributed by atoms with Crippen LogP contribution in [0.4, 0.5) is 4.39 Å². The zero-order valence-corrected chi connectivity index (χ0v) is 12.1. The fraction of sp³-hybridized carbons (Fsp3) is 0.267. The molecule has 2 N–H and O–H groups in total. The number of rotatable bonds is 5. The largest absolute Gasteiger partial charge is 0.496 e. The van der Waals surface area contributed by atoms with Gasteiger partial charge in [-0.25, -0.2) is 4.39 Å². The van der Waals surface area contributed by atoms with E-state index in [2.05, 4.69) is 4.98 Å². The lowest BCUT2D eigenvalue weighted by Gasteiger charge is -2.19. The molecule has 0 bridgehead atoms. The van der Waals surface area contributed by atoms with E-state index < -0.39 is 11.9 Å². The second kappa shape index (κ2) is 6.41. The van der Waals surface area contributed by atoms with Crippen LogP contribution in [0.15, 0.2) is 30.6 Å². The first kappa shape index (κ1) is 15.1. The lowest BCUT2D eigenvalue weighted by atomic mass is 9.98. The van der Waals surface area contributed by atoms with Gasteiger partial charge in [-0.05, 0) is 12.1 Å². The van der Waals surface area contributed by atoms with E-state index in [0.29, 0.717) is 28.4 Å². The second-order valence-electron chi connectivity index (χ2n) is 4.32. The number of nitrogens with zero attached hydrogens (tertiary/aromatic N) is 1. The third kappa shape index (κ3) is 2.90. The molecule has 21 heavy (non-hydrogen) atoms. The van der Waals surface area contributed by atoms with Crippen molar-refractivity contribution in [3.8, 4) is 17.2 Å². The van der Waals surface area contributed by atoms with Crippen LogP contribution in [-0.2, 0) is 0 Å². The maximum Gasteiger partial charge on any atom is 0.164 e. The molecule has 1 unspecified atom stereocenters. The summed E-state index contributed by atoms with van der Waals surface area (Å²) in [5.41, 5.74) is 7.09. The van der Waals surface area contributed by atoms with Gasteiger partial charge >= 0.3 is 0 Å². The summed E-state index contributed by atoms with van der Waals surface area (Å²) in [5.74, 6) is 1.04. The van der Waals surface area contributed by atoms with Gasteiger partial charge < -0.3 is 19.9 Å². The van der Waals surface area contributed by atoms with Gasteiger partial charge in [-0.15, -0.1) is 0 Å². The molecule has 6 heteroatoms. The molecular formula is C15H17FN2O3. The Kier molecular flexibility index (Phi) is 4.59. The predicted molar refractivity (Wildman–Crippen MR) is 76.3 cm³/mol. The summed E-state index contributed by atoms with van der Waals surface area (Å²) in [7, 11) is 4.56. The predicted octanol–water partition coefficient (Wildman–Crippen LogP) is 2.29. The number of nitrogens with two attached hydrogens (primary N) is 1. The first-order chi connectivity index (χ1) is 10.1. The van der Waals surface area contributed by atoms with Crippen molar-refractivity contribution < 1.29 is 18.6 Å². The summed E-state index contributed by atoms with van der Waals surface area (Å²) >= 11 is 0. The number of methoxy groups -OCH3 is 3. The topological polar surface area (TPSA) is 66.6 Å². The fourth-order valence-corrected chi connectivity index (χ4v) is 2.10. The smallest absolute Gasteiger partial charge is 0.164 e. The molecule has 0 aliphatic rings. The number of ether oxygens (including phenoxy) is 3. The quantitative estimate of drug-likeness (QED) is 0.916. The monoisotopic (exact) mass is 292 g/mol. The highest BCUT2D eigenvalue weighted by Crippen LogP contribution is 2.38. The average Bonchev–Trinajstić information content (AvgIpc) is 2.53. The first-order valence-electron chi connectivity index (χ1n) is 6.27. The van der Waals surface area contributed by atoms with Crippen molar-refractivity contribution in [1.29, 1.82) is 0 Å². The van der Waals surface area contributed by atoms with Crippen LogP contribution in [-0.4, -0.2) is 26.3 Å². The number of pyridine rings is 1. The summed E-state index contributed by atoms with van der Waals surface area (Å²) in [5, 5.41) is 0. The third-order valence-corrected chi connectivity index (χ3v) is 3.21. The fourth-order valence-electron chi connectivity index (χ4n) is 2.10. The molecule has 1 aromatic carbocycles. The normalized spacial score (nSPS) is 11.9. The molecular weight excluding hydrogens is 275 g/mol. The van der Waals surface area contributed by atoms with Crippen molar-refractivity contribution >= 4 is 0 Å². The van der Waals surface area contributed by atoms with Crippen LogP contribution >= 0.6 is 0 Å². The first-order valence-corrected chi connectivity index (χ1v) is 6.27. The highest BCUT2D eigenvalue weighted by Gasteiger charge is 2.20. The molecule has 0 fully saturated rings. The molecule has 0 radical (unpaired) electrons. The molecule has 0 amide bonds. The van der Waals surface area contributed by atoms with E-state index in [1.54, 1.807) is 12.1 Å². The Balaban J connectivity index is 2.54. The minimum absolute atomic E-state index is 0.329. The number of hydrogen-bond acceptors (Lipinski definition) is 5. The molecule has 1 atom stereocenters. The van der Waals surface area contributed by atoms with E-state index in [-0.39, 0.29) is 0 Å². The van der Waals surface area contributed by atoms with E-state index >= 15 is 0 Å². The molecule has 0 aliphatic carbocycles. The van der Waals surface area contributed by atoms with Gasteiger partial charge in [0, 0.05) is 23.4 Å². The van der Waals surface area contributed by atoms with Gasteiger partial charge in [0.2, 0.25) is 0 Å². The Morgan fingerprint density at radius 1 is 1.00 bits per heavy atom. The third-order valence-electron chi connectivity index (χ3n) is 3.21. The van der Waals surface area contributed by atoms with Crippen molar-refractivity contribution in [3.63, 3.8) is 0 Å². The maximum atomic E-state index is 13.8. The SMILES string of the molecule is COc1cc(OC)c(C(N)c2ccncc2F)cc1OC. The Morgan fingerprint density at radius 2 is 1.62 bits per heavy atom. The lowest BCUT2D eigenvalue weighted by molar-refractivity contribution is 0.347. The standard InChI is InChI=1S/C15H17FN2O3/c1-19-12-7-14(21-3)13(20-2)6-10(12)15(17)9-4-5-18-8-11(9)16/h4-8,15H,17H2,1-3H3. The number of halogens is 1. The Hall–Kier alpha value is -2.34. The molecule has 0 aliphatic heterocycles. The maximum absolute atomic E-state index is 13.8. The Labute approximate surface area is 122 Å². The molecule has 0 saturated heterocycles. The summed E-state index contributed by atoms with van der Waals surface area (Å²) in [6.07, 6.45) is 2.62. The molecule has 0 saturated carbocycles. The number of aromatic nitrogens is 1. The Morgan fingerprint density at radius 3 is 2.19 bits per heavy atom. The highest BCUT2D eigenvalue weighted by molar-refractivity contribution is 5.53. The second-order valence-corrected chi connectivity index (χ2v) is 4.32. The van der Waals surface area contributed by atoms with E-state index in [1.165, 1.54) is 33.6 Å². The molecule has 1 aromatic heterocycles. The van der Waals surface area contributed by atoms with Crippen LogP contribution in [0.25, 0.3) is 0 Å². The van der Waals surface area contributed by atoms with Crippen molar-refractivity contribution in [1.82, 2.24) is 4.98 Å². The van der Waals surface area contributed by atoms with Gasteiger partial charge in [0.1, 0.15) is 11.6 Å². The summed E-state index contributed by atoms with van der Waals surface area (Å²) in [4.78, 5) is 3.72. The van der Waals surface area contributed by atoms with Crippen LogP contribution in [0, 0.1) is 5.82 Å². The van der Waals surface area contributed by atoms with Crippen LogP contribution in [0.1, 0.15) is 17.2 Å². The Bertz CT molecular complexity index is 634. The molecule has 1 heterocycles. The minimum Gasteiger partial charge on any atom is -0.496 e. The average molecular weight is 292 g/mol. The zero-order valence-electron chi connectivity index (χ0n) is 12.1. The molecule has 112 valence electrons. The van der Waals surface area contributed by atoms with Crippen LogP contribution in [0.2, 0.25) is 0 Å². The molecule has 0 spiro atoms. The lowest BCUT2D eigenvalue weighted by Crippen LogP contribution is -2.15. The van der Waals surface area contributed by atoms with Crippen LogP contribution < -0.4 is 19.9 Å². The highest BCUT2D eigenvalue weighted by atomic mass is 19.1. The van der Waals surface area contributed by atoms with E-state index in [9.17, 15) is 4.39 Å². The molecule has 5 nitrogen and oxygen atoms in total. The number of hydrogen-bond donors (Lipinski definition) is 1. The van der Waals surface area contributed by atoms with E-state index in [4.69, 9.17) is 19.9 Å². The van der Waals surface area contributed by atoms with Crippen LogP contribution in [0.5, 0.6) is 17.2 Å². The van der Waals surface area contributed by atoms with Gasteiger partial charge in [-0.3, -0.25) is 4.98 Å². The van der Waals surface area contributed by atoms with Gasteiger partial charge in [0.15, 0.2) is 11.5 Å². The van der Waals surface area contributed by atoms with Crippen molar-refractivity contribution in [2.75, 3.05) is 21.3 Å². The van der Waals surface area contributed by atoms with Gasteiger partial charge in [0.25, 0.3) is 0 Å². The van der Waals surface area contributed by atoms with E-state index in [1.807, 2.05) is 0 Å². The molecule has 2 rings (SSSR count). The zero-order chi connectivity index (χ0) is 15.4. The summed E-state index contributed by atoms with van der Waals surface area (Å²) in [6.45, 7) is 0.